The molecule has 0 aliphatic rings. The highest BCUT2D eigenvalue weighted by Gasteiger charge is 2.31. The molecule has 1 unspecified atom stereocenters. The number of alkyl halides is 1. The lowest BCUT2D eigenvalue weighted by atomic mass is 9.99. The molecular weight excluding hydrogens is 348 g/mol. The Hall–Kier alpha value is -1.36. The molecule has 0 aliphatic carbocycles. The number of carbonyl (C=O) groups is 2. The quantitative estimate of drug-likeness (QED) is 0.379. The Morgan fingerprint density at radius 1 is 1.05 bits per heavy atom. The molecule has 1 aromatic rings. The summed E-state index contributed by atoms with van der Waals surface area (Å²) in [6, 6.07) is 10.1. The van der Waals surface area contributed by atoms with Crippen LogP contribution in [-0.4, -0.2) is 30.0 Å². The lowest BCUT2D eigenvalue weighted by Gasteiger charge is -2.17. The molecule has 0 amide bonds. The Balaban J connectivity index is 2.56. The third-order valence-corrected chi connectivity index (χ3v) is 4.05. The van der Waals surface area contributed by atoms with Gasteiger partial charge in [-0.2, -0.15) is 0 Å². The number of hydrogen-bond acceptors (Lipinski definition) is 4. The molecule has 0 spiro atoms. The molecule has 0 bridgehead atoms. The minimum atomic E-state index is -0.861. The summed E-state index contributed by atoms with van der Waals surface area (Å²) in [4.78, 5) is 23.9. The van der Waals surface area contributed by atoms with Crippen molar-refractivity contribution in [2.24, 2.45) is 5.92 Å². The maximum atomic E-state index is 11.9. The van der Waals surface area contributed by atoms with Gasteiger partial charge in [-0.3, -0.25) is 9.59 Å². The molecule has 0 radical (unpaired) electrons. The topological polar surface area (TPSA) is 52.6 Å². The van der Waals surface area contributed by atoms with Crippen LogP contribution in [0.2, 0.25) is 0 Å². The van der Waals surface area contributed by atoms with Gasteiger partial charge in [-0.05, 0) is 38.7 Å². The van der Waals surface area contributed by atoms with Crippen LogP contribution in [0.25, 0.3) is 0 Å². The fourth-order valence-corrected chi connectivity index (χ4v) is 2.72. The third-order valence-electron chi connectivity index (χ3n) is 3.22. The van der Waals surface area contributed by atoms with Crippen molar-refractivity contribution < 1.29 is 19.1 Å². The summed E-state index contributed by atoms with van der Waals surface area (Å²) >= 11 is 3.56. The average Bonchev–Trinajstić information content (AvgIpc) is 2.52. The molecule has 122 valence electrons. The Morgan fingerprint density at radius 2 is 1.59 bits per heavy atom. The molecule has 0 heterocycles. The van der Waals surface area contributed by atoms with Gasteiger partial charge in [0.25, 0.3) is 0 Å². The van der Waals surface area contributed by atoms with Crippen molar-refractivity contribution in [3.63, 3.8) is 0 Å². The van der Waals surface area contributed by atoms with Gasteiger partial charge in [0.05, 0.1) is 13.2 Å². The SMILES string of the molecule is CCOC(=O)C(CC(Br)CCc1ccccc1)C(=O)OCC. The van der Waals surface area contributed by atoms with Crippen LogP contribution in [0.4, 0.5) is 0 Å². The third kappa shape index (κ3) is 6.60. The van der Waals surface area contributed by atoms with Crippen molar-refractivity contribution in [1.82, 2.24) is 0 Å². The minimum absolute atomic E-state index is 0.0477. The number of esters is 2. The molecule has 4 nitrogen and oxygen atoms in total. The van der Waals surface area contributed by atoms with E-state index in [-0.39, 0.29) is 18.0 Å². The van der Waals surface area contributed by atoms with Crippen LogP contribution in [0.15, 0.2) is 30.3 Å². The van der Waals surface area contributed by atoms with Crippen LogP contribution in [0.5, 0.6) is 0 Å². The molecule has 0 N–H and O–H groups in total. The summed E-state index contributed by atoms with van der Waals surface area (Å²) in [5.41, 5.74) is 1.23. The zero-order valence-corrected chi connectivity index (χ0v) is 14.7. The van der Waals surface area contributed by atoms with Crippen molar-refractivity contribution in [2.75, 3.05) is 13.2 Å². The summed E-state index contributed by atoms with van der Waals surface area (Å²) in [7, 11) is 0. The van der Waals surface area contributed by atoms with Crippen LogP contribution >= 0.6 is 15.9 Å². The smallest absolute Gasteiger partial charge is 0.320 e. The molecule has 22 heavy (non-hydrogen) atoms. The van der Waals surface area contributed by atoms with Gasteiger partial charge in [0.1, 0.15) is 0 Å². The van der Waals surface area contributed by atoms with Crippen molar-refractivity contribution in [2.45, 2.75) is 37.9 Å². The van der Waals surface area contributed by atoms with Crippen molar-refractivity contribution in [3.8, 4) is 0 Å². The average molecular weight is 371 g/mol. The highest BCUT2D eigenvalue weighted by atomic mass is 79.9. The lowest BCUT2D eigenvalue weighted by molar-refractivity contribution is -0.161. The number of carbonyl (C=O) groups excluding carboxylic acids is 2. The van der Waals surface area contributed by atoms with E-state index in [1.165, 1.54) is 5.56 Å². The van der Waals surface area contributed by atoms with Gasteiger partial charge >= 0.3 is 11.9 Å². The minimum Gasteiger partial charge on any atom is -0.465 e. The molecule has 0 aliphatic heterocycles. The van der Waals surface area contributed by atoms with E-state index in [2.05, 4.69) is 28.1 Å². The van der Waals surface area contributed by atoms with Crippen LogP contribution < -0.4 is 0 Å². The monoisotopic (exact) mass is 370 g/mol. The van der Waals surface area contributed by atoms with Gasteiger partial charge < -0.3 is 9.47 Å². The summed E-state index contributed by atoms with van der Waals surface area (Å²) in [5.74, 6) is -1.88. The zero-order valence-electron chi connectivity index (χ0n) is 13.1. The Kier molecular flexibility index (Phi) is 8.82. The van der Waals surface area contributed by atoms with Gasteiger partial charge in [0, 0.05) is 4.83 Å². The van der Waals surface area contributed by atoms with Gasteiger partial charge in [-0.1, -0.05) is 46.3 Å². The maximum absolute atomic E-state index is 11.9. The van der Waals surface area contributed by atoms with Crippen molar-refractivity contribution in [1.29, 1.82) is 0 Å². The molecule has 1 aromatic carbocycles. The van der Waals surface area contributed by atoms with E-state index in [4.69, 9.17) is 9.47 Å². The molecule has 0 fully saturated rings. The first-order valence-electron chi connectivity index (χ1n) is 7.59. The second-order valence-corrected chi connectivity index (χ2v) is 6.21. The Bertz CT molecular complexity index is 443. The number of halogens is 1. The highest BCUT2D eigenvalue weighted by Crippen LogP contribution is 2.21. The Labute approximate surface area is 140 Å². The predicted octanol–water partition coefficient (Wildman–Crippen LogP) is 3.52. The normalized spacial score (nSPS) is 12.0. The highest BCUT2D eigenvalue weighted by molar-refractivity contribution is 9.09. The second kappa shape index (κ2) is 10.4. The van der Waals surface area contributed by atoms with Gasteiger partial charge in [-0.25, -0.2) is 0 Å². The van der Waals surface area contributed by atoms with E-state index in [1.54, 1.807) is 13.8 Å². The van der Waals surface area contributed by atoms with Gasteiger partial charge in [0.2, 0.25) is 0 Å². The molecule has 0 saturated heterocycles. The van der Waals surface area contributed by atoms with E-state index in [0.29, 0.717) is 6.42 Å². The van der Waals surface area contributed by atoms with E-state index < -0.39 is 17.9 Å². The molecule has 0 saturated carbocycles. The molecule has 1 atom stereocenters. The van der Waals surface area contributed by atoms with Gasteiger partial charge in [-0.15, -0.1) is 0 Å². The number of aryl methyl sites for hydroxylation is 1. The first-order chi connectivity index (χ1) is 10.6. The summed E-state index contributed by atoms with van der Waals surface area (Å²) < 4.78 is 9.95. The molecule has 1 rings (SSSR count). The predicted molar refractivity (Wildman–Crippen MR) is 88.9 cm³/mol. The van der Waals surface area contributed by atoms with Crippen LogP contribution in [0.1, 0.15) is 32.3 Å². The fraction of sp³-hybridized carbons (Fsp3) is 0.529. The first-order valence-corrected chi connectivity index (χ1v) is 8.51. The lowest BCUT2D eigenvalue weighted by Crippen LogP contribution is -2.30. The number of benzene rings is 1. The summed E-state index contributed by atoms with van der Waals surface area (Å²) in [5, 5.41) is 0. The number of hydrogen-bond donors (Lipinski definition) is 0. The first kappa shape index (κ1) is 18.7. The molecular formula is C17H23BrO4. The van der Waals surface area contributed by atoms with Crippen molar-refractivity contribution in [3.05, 3.63) is 35.9 Å². The van der Waals surface area contributed by atoms with E-state index >= 15 is 0 Å². The largest absolute Gasteiger partial charge is 0.465 e. The van der Waals surface area contributed by atoms with E-state index in [9.17, 15) is 9.59 Å². The second-order valence-electron chi connectivity index (χ2n) is 4.91. The Morgan fingerprint density at radius 3 is 2.09 bits per heavy atom. The van der Waals surface area contributed by atoms with Crippen LogP contribution in [-0.2, 0) is 25.5 Å². The number of rotatable bonds is 9. The standard InChI is InChI=1S/C17H23BrO4/c1-3-21-16(19)15(17(20)22-4-2)12-14(18)11-10-13-8-6-5-7-9-13/h5-9,14-15H,3-4,10-12H2,1-2H3. The van der Waals surface area contributed by atoms with Crippen molar-refractivity contribution >= 4 is 27.9 Å². The fourth-order valence-electron chi connectivity index (χ4n) is 2.12. The van der Waals surface area contributed by atoms with Gasteiger partial charge in [0.15, 0.2) is 5.92 Å². The van der Waals surface area contributed by atoms with Crippen LogP contribution in [0.3, 0.4) is 0 Å². The van der Waals surface area contributed by atoms with E-state index in [1.807, 2.05) is 18.2 Å². The summed E-state index contributed by atoms with van der Waals surface area (Å²) in [6.45, 7) is 3.96. The molecule has 0 aromatic heterocycles. The van der Waals surface area contributed by atoms with E-state index in [0.717, 1.165) is 12.8 Å². The van der Waals surface area contributed by atoms with Crippen LogP contribution in [0, 0.1) is 5.92 Å². The maximum Gasteiger partial charge on any atom is 0.320 e. The number of ether oxygens (including phenoxy) is 2. The summed E-state index contributed by atoms with van der Waals surface area (Å²) in [6.07, 6.45) is 2.10. The zero-order chi connectivity index (χ0) is 16.4. The molecule has 5 heteroatoms.